The van der Waals surface area contributed by atoms with Gasteiger partial charge in [0.1, 0.15) is 11.9 Å². The van der Waals surface area contributed by atoms with E-state index >= 15 is 0 Å². The highest BCUT2D eigenvalue weighted by atomic mass is 16.5. The van der Waals surface area contributed by atoms with Crippen molar-refractivity contribution in [3.05, 3.63) is 48.0 Å². The number of nitrogens with one attached hydrogen (secondary N) is 1. The molecule has 3 heterocycles. The lowest BCUT2D eigenvalue weighted by Crippen LogP contribution is -2.48. The molecule has 1 aliphatic heterocycles. The molecule has 0 spiro atoms. The molecule has 0 bridgehead atoms. The van der Waals surface area contributed by atoms with Gasteiger partial charge in [-0.15, -0.1) is 0 Å². The Kier molecular flexibility index (Phi) is 6.32. The van der Waals surface area contributed by atoms with Crippen LogP contribution in [0.4, 0.5) is 0 Å². The number of ether oxygens (including phenoxy) is 1. The number of hydrogen-bond donors (Lipinski definition) is 1. The zero-order valence-electron chi connectivity index (χ0n) is 18.1. The number of fused-ring (bicyclic) bond motifs is 1. The van der Waals surface area contributed by atoms with Crippen molar-refractivity contribution in [3.63, 3.8) is 0 Å². The van der Waals surface area contributed by atoms with E-state index in [9.17, 15) is 0 Å². The fraction of sp³-hybridized carbons (Fsp3) is 0.500. The number of aromatic nitrogens is 4. The van der Waals surface area contributed by atoms with Gasteiger partial charge in [0, 0.05) is 45.0 Å². The molecule has 1 N–H and O–H groups in total. The molecule has 1 unspecified atom stereocenters. The van der Waals surface area contributed by atoms with Gasteiger partial charge in [-0.25, -0.2) is 4.98 Å². The van der Waals surface area contributed by atoms with Crippen LogP contribution in [0.1, 0.15) is 30.8 Å². The van der Waals surface area contributed by atoms with Gasteiger partial charge < -0.3 is 19.5 Å². The maximum Gasteiger partial charge on any atom is 0.194 e. The van der Waals surface area contributed by atoms with Crippen molar-refractivity contribution in [2.45, 2.75) is 32.9 Å². The standard InChI is InChI=1S/C22H31N7O/c1-4-23-22(28-12-13-30-21(16-28)18-14-25-27(3)15-18)24-10-7-11-29-17(2)26-19-8-5-6-9-20(19)29/h5-6,8-9,14-15,21H,4,7,10-13,16H2,1-3H3,(H,23,24). The number of morpholine rings is 1. The summed E-state index contributed by atoms with van der Waals surface area (Å²) in [6.45, 7) is 9.01. The largest absolute Gasteiger partial charge is 0.370 e. The molecule has 1 atom stereocenters. The van der Waals surface area contributed by atoms with E-state index < -0.39 is 0 Å². The minimum absolute atomic E-state index is 0.0243. The number of rotatable bonds is 6. The molecule has 160 valence electrons. The molecular formula is C22H31N7O. The summed E-state index contributed by atoms with van der Waals surface area (Å²) < 4.78 is 10.1. The van der Waals surface area contributed by atoms with Crippen LogP contribution in [0.3, 0.4) is 0 Å². The summed E-state index contributed by atoms with van der Waals surface area (Å²) in [5.74, 6) is 2.02. The number of aliphatic imine (C=N–C) groups is 1. The van der Waals surface area contributed by atoms with Gasteiger partial charge in [-0.1, -0.05) is 12.1 Å². The topological polar surface area (TPSA) is 72.5 Å². The van der Waals surface area contributed by atoms with Gasteiger partial charge in [0.25, 0.3) is 0 Å². The van der Waals surface area contributed by atoms with Gasteiger partial charge in [-0.2, -0.15) is 5.10 Å². The summed E-state index contributed by atoms with van der Waals surface area (Å²) in [4.78, 5) is 11.8. The molecule has 1 saturated heterocycles. The normalized spacial score (nSPS) is 17.6. The third-order valence-corrected chi connectivity index (χ3v) is 5.44. The predicted molar refractivity (Wildman–Crippen MR) is 119 cm³/mol. The number of aryl methyl sites for hydroxylation is 3. The first-order valence-electron chi connectivity index (χ1n) is 10.7. The molecule has 0 saturated carbocycles. The van der Waals surface area contributed by atoms with Crippen molar-refractivity contribution >= 4 is 17.0 Å². The van der Waals surface area contributed by atoms with Crippen molar-refractivity contribution in [2.24, 2.45) is 12.0 Å². The first-order chi connectivity index (χ1) is 14.7. The van der Waals surface area contributed by atoms with Crippen LogP contribution in [-0.2, 0) is 18.3 Å². The maximum absolute atomic E-state index is 5.98. The molecule has 3 aromatic rings. The van der Waals surface area contributed by atoms with Gasteiger partial charge >= 0.3 is 0 Å². The SMILES string of the molecule is CCNC(=NCCCn1c(C)nc2ccccc21)N1CCOC(c2cnn(C)c2)C1. The predicted octanol–water partition coefficient (Wildman–Crippen LogP) is 2.51. The van der Waals surface area contributed by atoms with E-state index in [1.54, 1.807) is 0 Å². The van der Waals surface area contributed by atoms with E-state index in [-0.39, 0.29) is 6.10 Å². The molecule has 8 nitrogen and oxygen atoms in total. The van der Waals surface area contributed by atoms with Crippen LogP contribution in [0.5, 0.6) is 0 Å². The summed E-state index contributed by atoms with van der Waals surface area (Å²) in [5, 5.41) is 7.72. The van der Waals surface area contributed by atoms with Crippen LogP contribution < -0.4 is 5.32 Å². The lowest BCUT2D eigenvalue weighted by atomic mass is 10.1. The number of nitrogens with zero attached hydrogens (tertiary/aromatic N) is 6. The fourth-order valence-corrected chi connectivity index (χ4v) is 3.97. The fourth-order valence-electron chi connectivity index (χ4n) is 3.97. The monoisotopic (exact) mass is 409 g/mol. The van der Waals surface area contributed by atoms with Crippen LogP contribution in [-0.4, -0.2) is 63.0 Å². The van der Waals surface area contributed by atoms with E-state index in [4.69, 9.17) is 9.73 Å². The average Bonchev–Trinajstić information content (AvgIpc) is 3.33. The molecule has 4 rings (SSSR count). The third-order valence-electron chi connectivity index (χ3n) is 5.44. The molecule has 0 amide bonds. The third kappa shape index (κ3) is 4.48. The van der Waals surface area contributed by atoms with Gasteiger partial charge in [-0.3, -0.25) is 9.67 Å². The maximum atomic E-state index is 5.98. The summed E-state index contributed by atoms with van der Waals surface area (Å²) in [6.07, 6.45) is 4.90. The Morgan fingerprint density at radius 3 is 3.00 bits per heavy atom. The van der Waals surface area contributed by atoms with E-state index in [1.807, 2.05) is 30.2 Å². The molecule has 1 aliphatic rings. The number of benzene rings is 1. The summed E-state index contributed by atoms with van der Waals surface area (Å²) in [7, 11) is 1.93. The molecule has 8 heteroatoms. The molecule has 1 aromatic carbocycles. The average molecular weight is 410 g/mol. The second-order valence-corrected chi connectivity index (χ2v) is 7.64. The second kappa shape index (κ2) is 9.30. The van der Waals surface area contributed by atoms with Crippen LogP contribution in [0.2, 0.25) is 0 Å². The minimum atomic E-state index is 0.0243. The number of para-hydroxylation sites is 2. The second-order valence-electron chi connectivity index (χ2n) is 7.64. The zero-order chi connectivity index (χ0) is 20.9. The molecule has 0 aliphatic carbocycles. The smallest absolute Gasteiger partial charge is 0.194 e. The Labute approximate surface area is 177 Å². The van der Waals surface area contributed by atoms with Crippen molar-refractivity contribution in [1.29, 1.82) is 0 Å². The number of guanidine groups is 1. The quantitative estimate of drug-likeness (QED) is 0.385. The summed E-state index contributed by atoms with van der Waals surface area (Å²) in [6, 6.07) is 8.30. The summed E-state index contributed by atoms with van der Waals surface area (Å²) >= 11 is 0. The highest BCUT2D eigenvalue weighted by Gasteiger charge is 2.25. The van der Waals surface area contributed by atoms with E-state index in [0.717, 1.165) is 62.0 Å². The highest BCUT2D eigenvalue weighted by molar-refractivity contribution is 5.80. The highest BCUT2D eigenvalue weighted by Crippen LogP contribution is 2.21. The van der Waals surface area contributed by atoms with E-state index in [1.165, 1.54) is 5.52 Å². The van der Waals surface area contributed by atoms with Gasteiger partial charge in [0.05, 0.1) is 30.4 Å². The molecular weight excluding hydrogens is 378 g/mol. The lowest BCUT2D eigenvalue weighted by Gasteiger charge is -2.34. The first kappa shape index (κ1) is 20.4. The Balaban J connectivity index is 1.39. The van der Waals surface area contributed by atoms with Crippen molar-refractivity contribution in [3.8, 4) is 0 Å². The number of hydrogen-bond acceptors (Lipinski definition) is 4. The van der Waals surface area contributed by atoms with E-state index in [2.05, 4.69) is 56.9 Å². The molecule has 1 fully saturated rings. The Morgan fingerprint density at radius 1 is 1.33 bits per heavy atom. The number of imidazole rings is 1. The molecule has 0 radical (unpaired) electrons. The van der Waals surface area contributed by atoms with Crippen LogP contribution in [0.25, 0.3) is 11.0 Å². The zero-order valence-corrected chi connectivity index (χ0v) is 18.1. The van der Waals surface area contributed by atoms with Gasteiger partial charge in [0.2, 0.25) is 0 Å². The Bertz CT molecular complexity index is 1010. The van der Waals surface area contributed by atoms with E-state index in [0.29, 0.717) is 6.61 Å². The lowest BCUT2D eigenvalue weighted by molar-refractivity contribution is -0.00804. The Hall–Kier alpha value is -2.87. The van der Waals surface area contributed by atoms with Crippen LogP contribution in [0.15, 0.2) is 41.7 Å². The Morgan fingerprint density at radius 2 is 2.20 bits per heavy atom. The first-order valence-corrected chi connectivity index (χ1v) is 10.7. The van der Waals surface area contributed by atoms with Crippen molar-refractivity contribution in [2.75, 3.05) is 32.8 Å². The molecule has 30 heavy (non-hydrogen) atoms. The van der Waals surface area contributed by atoms with Crippen molar-refractivity contribution < 1.29 is 4.74 Å². The summed E-state index contributed by atoms with van der Waals surface area (Å²) in [5.41, 5.74) is 3.36. The van der Waals surface area contributed by atoms with Crippen LogP contribution in [0, 0.1) is 6.92 Å². The molecule has 2 aromatic heterocycles. The van der Waals surface area contributed by atoms with Gasteiger partial charge in [-0.05, 0) is 32.4 Å². The van der Waals surface area contributed by atoms with Crippen LogP contribution >= 0.6 is 0 Å². The minimum Gasteiger partial charge on any atom is -0.370 e. The van der Waals surface area contributed by atoms with Gasteiger partial charge in [0.15, 0.2) is 5.96 Å². The van der Waals surface area contributed by atoms with Crippen molar-refractivity contribution in [1.82, 2.24) is 29.5 Å².